The predicted molar refractivity (Wildman–Crippen MR) is 84.0 cm³/mol. The maximum Gasteiger partial charge on any atom is 0.161 e. The summed E-state index contributed by atoms with van der Waals surface area (Å²) in [5.74, 6) is 3.54. The summed E-state index contributed by atoms with van der Waals surface area (Å²) in [6, 6.07) is 6.60. The second-order valence-corrected chi connectivity index (χ2v) is 6.44. The second-order valence-electron chi connectivity index (χ2n) is 6.44. The van der Waals surface area contributed by atoms with Crippen molar-refractivity contribution in [3.05, 3.63) is 23.8 Å². The van der Waals surface area contributed by atoms with Gasteiger partial charge in [0.05, 0.1) is 0 Å². The maximum atomic E-state index is 5.69. The fourth-order valence-corrected chi connectivity index (χ4v) is 3.08. The number of nitrogens with one attached hydrogen (secondary N) is 1. The molecular weight excluding hydrogens is 264 g/mol. The Balaban J connectivity index is 1.64. The van der Waals surface area contributed by atoms with Crippen LogP contribution in [0.25, 0.3) is 0 Å². The molecule has 0 spiro atoms. The first kappa shape index (κ1) is 14.7. The van der Waals surface area contributed by atoms with Crippen molar-refractivity contribution in [3.8, 4) is 11.5 Å². The summed E-state index contributed by atoms with van der Waals surface area (Å²) in [4.78, 5) is 2.44. The molecule has 2 aliphatic rings. The minimum absolute atomic E-state index is 0.319. The number of likely N-dealkylation sites (N-methyl/N-ethyl adjacent to an activating group) is 2. The molecule has 116 valence electrons. The molecule has 1 fully saturated rings. The molecule has 1 N–H and O–H groups in total. The lowest BCUT2D eigenvalue weighted by molar-refractivity contribution is 0.171. The minimum Gasteiger partial charge on any atom is -0.486 e. The van der Waals surface area contributed by atoms with Crippen molar-refractivity contribution in [2.75, 3.05) is 40.4 Å². The molecule has 0 amide bonds. The van der Waals surface area contributed by atoms with E-state index in [2.05, 4.69) is 36.3 Å². The monoisotopic (exact) mass is 290 g/mol. The Bertz CT molecular complexity index is 492. The van der Waals surface area contributed by atoms with Crippen LogP contribution in [0.2, 0.25) is 0 Å². The summed E-state index contributed by atoms with van der Waals surface area (Å²) in [5.41, 5.74) is 1.26. The van der Waals surface area contributed by atoms with Gasteiger partial charge in [-0.3, -0.25) is 0 Å². The molecule has 4 nitrogen and oxygen atoms in total. The van der Waals surface area contributed by atoms with Gasteiger partial charge in [-0.05, 0) is 50.0 Å². The van der Waals surface area contributed by atoms with Crippen molar-refractivity contribution in [1.82, 2.24) is 10.2 Å². The van der Waals surface area contributed by atoms with E-state index in [1.165, 1.54) is 18.5 Å². The van der Waals surface area contributed by atoms with Crippen molar-refractivity contribution in [3.63, 3.8) is 0 Å². The van der Waals surface area contributed by atoms with Gasteiger partial charge >= 0.3 is 0 Å². The lowest BCUT2D eigenvalue weighted by Gasteiger charge is -2.26. The first-order valence-corrected chi connectivity index (χ1v) is 7.92. The van der Waals surface area contributed by atoms with Crippen LogP contribution in [0.5, 0.6) is 11.5 Å². The van der Waals surface area contributed by atoms with Gasteiger partial charge in [-0.2, -0.15) is 0 Å². The summed E-state index contributed by atoms with van der Waals surface area (Å²) in [7, 11) is 4.24. The first-order chi connectivity index (χ1) is 10.2. The van der Waals surface area contributed by atoms with Crippen LogP contribution in [0.15, 0.2) is 18.2 Å². The summed E-state index contributed by atoms with van der Waals surface area (Å²) < 4.78 is 11.3. The van der Waals surface area contributed by atoms with E-state index in [1.807, 2.05) is 13.1 Å². The fourth-order valence-electron chi connectivity index (χ4n) is 3.08. The zero-order chi connectivity index (χ0) is 14.8. The van der Waals surface area contributed by atoms with Crippen molar-refractivity contribution in [2.24, 2.45) is 11.8 Å². The number of fused-ring (bicyclic) bond motifs is 1. The molecule has 1 aliphatic heterocycles. The lowest BCUT2D eigenvalue weighted by Crippen LogP contribution is -2.32. The quantitative estimate of drug-likeness (QED) is 0.872. The molecule has 1 aliphatic carbocycles. The van der Waals surface area contributed by atoms with Crippen LogP contribution in [0.1, 0.15) is 24.9 Å². The Labute approximate surface area is 127 Å². The number of rotatable bonds is 6. The molecule has 0 aromatic heterocycles. The summed E-state index contributed by atoms with van der Waals surface area (Å²) >= 11 is 0. The SMILES string of the molecule is CNC(CN(C)CC1CC1C)c1ccc2c(c1)OCCO2. The van der Waals surface area contributed by atoms with E-state index in [0.29, 0.717) is 19.3 Å². The Morgan fingerprint density at radius 1 is 1.29 bits per heavy atom. The summed E-state index contributed by atoms with van der Waals surface area (Å²) in [5, 5.41) is 3.42. The molecule has 0 saturated heterocycles. The maximum absolute atomic E-state index is 5.69. The molecule has 4 heteroatoms. The van der Waals surface area contributed by atoms with Crippen molar-refractivity contribution >= 4 is 0 Å². The van der Waals surface area contributed by atoms with Crippen LogP contribution in [-0.4, -0.2) is 45.3 Å². The largest absolute Gasteiger partial charge is 0.486 e. The topological polar surface area (TPSA) is 33.7 Å². The summed E-state index contributed by atoms with van der Waals surface area (Å²) in [6.45, 7) is 5.84. The molecule has 0 radical (unpaired) electrons. The van der Waals surface area contributed by atoms with E-state index >= 15 is 0 Å². The third kappa shape index (κ3) is 3.50. The van der Waals surface area contributed by atoms with Crippen LogP contribution in [0, 0.1) is 11.8 Å². The van der Waals surface area contributed by atoms with Gasteiger partial charge in [0, 0.05) is 19.1 Å². The smallest absolute Gasteiger partial charge is 0.161 e. The third-order valence-corrected chi connectivity index (χ3v) is 4.63. The Kier molecular flexibility index (Phi) is 4.36. The van der Waals surface area contributed by atoms with Gasteiger partial charge in [-0.25, -0.2) is 0 Å². The normalized spacial score (nSPS) is 25.0. The average molecular weight is 290 g/mol. The number of hydrogen-bond acceptors (Lipinski definition) is 4. The Hall–Kier alpha value is -1.26. The zero-order valence-corrected chi connectivity index (χ0v) is 13.3. The molecule has 0 bridgehead atoms. The molecule has 1 saturated carbocycles. The van der Waals surface area contributed by atoms with Gasteiger partial charge in [0.2, 0.25) is 0 Å². The standard InChI is InChI=1S/C17H26N2O2/c1-12-8-14(12)10-19(3)11-15(18-2)13-4-5-16-17(9-13)21-7-6-20-16/h4-5,9,12,14-15,18H,6-8,10-11H2,1-3H3. The minimum atomic E-state index is 0.319. The number of hydrogen-bond donors (Lipinski definition) is 1. The van der Waals surface area contributed by atoms with Crippen LogP contribution in [0.3, 0.4) is 0 Å². The van der Waals surface area contributed by atoms with E-state index < -0.39 is 0 Å². The molecule has 3 rings (SSSR count). The highest BCUT2D eigenvalue weighted by Crippen LogP contribution is 2.38. The number of nitrogens with zero attached hydrogens (tertiary/aromatic N) is 1. The van der Waals surface area contributed by atoms with Crippen LogP contribution in [0.4, 0.5) is 0 Å². The van der Waals surface area contributed by atoms with Crippen LogP contribution < -0.4 is 14.8 Å². The number of benzene rings is 1. The molecule has 1 heterocycles. The van der Waals surface area contributed by atoms with Crippen LogP contribution in [-0.2, 0) is 0 Å². The highest BCUT2D eigenvalue weighted by atomic mass is 16.6. The van der Waals surface area contributed by atoms with Gasteiger partial charge in [-0.1, -0.05) is 13.0 Å². The fraction of sp³-hybridized carbons (Fsp3) is 0.647. The lowest BCUT2D eigenvalue weighted by atomic mass is 10.1. The molecule has 3 atom stereocenters. The highest BCUT2D eigenvalue weighted by molar-refractivity contribution is 5.44. The van der Waals surface area contributed by atoms with E-state index in [4.69, 9.17) is 9.47 Å². The van der Waals surface area contributed by atoms with Crippen molar-refractivity contribution in [2.45, 2.75) is 19.4 Å². The van der Waals surface area contributed by atoms with Crippen molar-refractivity contribution in [1.29, 1.82) is 0 Å². The van der Waals surface area contributed by atoms with Crippen molar-refractivity contribution < 1.29 is 9.47 Å². The molecule has 1 aromatic rings. The van der Waals surface area contributed by atoms with Gasteiger partial charge < -0.3 is 19.7 Å². The van der Waals surface area contributed by atoms with Gasteiger partial charge in [-0.15, -0.1) is 0 Å². The van der Waals surface area contributed by atoms with E-state index in [0.717, 1.165) is 29.9 Å². The average Bonchev–Trinajstić information content (AvgIpc) is 3.19. The molecule has 3 unspecified atom stereocenters. The predicted octanol–water partition coefficient (Wildman–Crippen LogP) is 2.31. The van der Waals surface area contributed by atoms with Gasteiger partial charge in [0.25, 0.3) is 0 Å². The third-order valence-electron chi connectivity index (χ3n) is 4.63. The van der Waals surface area contributed by atoms with Crippen LogP contribution >= 0.6 is 0 Å². The number of ether oxygens (including phenoxy) is 2. The molecule has 21 heavy (non-hydrogen) atoms. The van der Waals surface area contributed by atoms with Gasteiger partial charge in [0.1, 0.15) is 13.2 Å². The zero-order valence-electron chi connectivity index (χ0n) is 13.3. The van der Waals surface area contributed by atoms with Gasteiger partial charge in [0.15, 0.2) is 11.5 Å². The molecular formula is C17H26N2O2. The summed E-state index contributed by atoms with van der Waals surface area (Å²) in [6.07, 6.45) is 1.39. The van der Waals surface area contributed by atoms with E-state index in [-0.39, 0.29) is 0 Å². The Morgan fingerprint density at radius 3 is 2.67 bits per heavy atom. The Morgan fingerprint density at radius 2 is 2.00 bits per heavy atom. The van der Waals surface area contributed by atoms with E-state index in [1.54, 1.807) is 0 Å². The second kappa shape index (κ2) is 6.24. The highest BCUT2D eigenvalue weighted by Gasteiger charge is 2.33. The first-order valence-electron chi connectivity index (χ1n) is 7.92. The molecule has 1 aromatic carbocycles. The van der Waals surface area contributed by atoms with E-state index in [9.17, 15) is 0 Å².